The lowest BCUT2D eigenvalue weighted by molar-refractivity contribution is 0.0963. The number of aliphatic hydroxyl groups is 1. The van der Waals surface area contributed by atoms with E-state index in [0.29, 0.717) is 16.5 Å². The maximum absolute atomic E-state index is 11.9. The lowest BCUT2D eigenvalue weighted by Crippen LogP contribution is -2.18. The van der Waals surface area contributed by atoms with Crippen molar-refractivity contribution in [3.8, 4) is 0 Å². The number of nitrogens with zero attached hydrogens (tertiary/aromatic N) is 4. The topological polar surface area (TPSA) is 103 Å². The van der Waals surface area contributed by atoms with E-state index >= 15 is 0 Å². The van der Waals surface area contributed by atoms with Crippen LogP contribution < -0.4 is 15.5 Å². The van der Waals surface area contributed by atoms with Crippen molar-refractivity contribution in [3.63, 3.8) is 0 Å². The van der Waals surface area contributed by atoms with Gasteiger partial charge in [-0.3, -0.25) is 4.79 Å². The molecule has 0 spiro atoms. The van der Waals surface area contributed by atoms with E-state index in [2.05, 4.69) is 20.6 Å². The van der Waals surface area contributed by atoms with Gasteiger partial charge in [-0.25, -0.2) is 15.0 Å². The minimum Gasteiger partial charge on any atom is -0.392 e. The van der Waals surface area contributed by atoms with Gasteiger partial charge in [0, 0.05) is 31.5 Å². The Hall–Kier alpha value is -3.56. The Labute approximate surface area is 177 Å². The van der Waals surface area contributed by atoms with Crippen molar-refractivity contribution in [2.24, 2.45) is 0 Å². The number of aromatic nitrogens is 3. The molecule has 0 saturated heterocycles. The standard InChI is InChI=1S/C21H20N6O2S/c1-22-19(29)14-4-3-5-15(11-14)27(2)18-7-6-16-20(26-18)30-21(24-16)25-17-10-13(12-28)8-9-23-17/h3-11,28H,12H2,1-2H3,(H,22,29)(H,23,24,25). The minimum absolute atomic E-state index is 0.0462. The molecule has 1 amide bonds. The van der Waals surface area contributed by atoms with Crippen LogP contribution in [0, 0.1) is 0 Å². The molecule has 0 atom stereocenters. The van der Waals surface area contributed by atoms with E-state index in [4.69, 9.17) is 4.98 Å². The summed E-state index contributed by atoms with van der Waals surface area (Å²) < 4.78 is 0. The average Bonchev–Trinajstić information content (AvgIpc) is 3.19. The molecule has 3 N–H and O–H groups in total. The first-order valence-electron chi connectivity index (χ1n) is 9.23. The fraction of sp³-hybridized carbons (Fsp3) is 0.143. The highest BCUT2D eigenvalue weighted by Crippen LogP contribution is 2.30. The SMILES string of the molecule is CNC(=O)c1cccc(N(C)c2ccc3nc(Nc4cc(CO)ccn4)sc3n2)c1. The molecule has 3 aromatic heterocycles. The molecule has 0 unspecified atom stereocenters. The molecule has 0 bridgehead atoms. The Morgan fingerprint density at radius 1 is 1.17 bits per heavy atom. The monoisotopic (exact) mass is 420 g/mol. The van der Waals surface area contributed by atoms with Gasteiger partial charge in [0.15, 0.2) is 5.13 Å². The highest BCUT2D eigenvalue weighted by Gasteiger charge is 2.12. The maximum atomic E-state index is 11.9. The van der Waals surface area contributed by atoms with Crippen molar-refractivity contribution >= 4 is 50.0 Å². The number of thiazole rings is 1. The third kappa shape index (κ3) is 4.07. The van der Waals surface area contributed by atoms with Crippen LogP contribution in [0.15, 0.2) is 54.7 Å². The van der Waals surface area contributed by atoms with Gasteiger partial charge in [-0.05, 0) is 48.0 Å². The second-order valence-corrected chi connectivity index (χ2v) is 7.51. The van der Waals surface area contributed by atoms with Gasteiger partial charge in [0.05, 0.1) is 6.61 Å². The van der Waals surface area contributed by atoms with Crippen LogP contribution in [0.4, 0.5) is 22.5 Å². The van der Waals surface area contributed by atoms with E-state index in [1.807, 2.05) is 42.3 Å². The summed E-state index contributed by atoms with van der Waals surface area (Å²) in [4.78, 5) is 28.1. The number of carbonyl (C=O) groups is 1. The molecule has 4 aromatic rings. The van der Waals surface area contributed by atoms with Gasteiger partial charge >= 0.3 is 0 Å². The summed E-state index contributed by atoms with van der Waals surface area (Å²) in [6.07, 6.45) is 1.64. The third-order valence-corrected chi connectivity index (χ3v) is 5.43. The fourth-order valence-corrected chi connectivity index (χ4v) is 3.77. The molecule has 4 rings (SSSR count). The van der Waals surface area contributed by atoms with Crippen molar-refractivity contribution in [3.05, 3.63) is 65.9 Å². The Morgan fingerprint density at radius 3 is 2.83 bits per heavy atom. The first-order valence-corrected chi connectivity index (χ1v) is 10.1. The van der Waals surface area contributed by atoms with Crippen molar-refractivity contribution in [2.75, 3.05) is 24.3 Å². The smallest absolute Gasteiger partial charge is 0.251 e. The molecule has 0 aliphatic rings. The first-order chi connectivity index (χ1) is 14.6. The predicted molar refractivity (Wildman–Crippen MR) is 119 cm³/mol. The zero-order valence-electron chi connectivity index (χ0n) is 16.5. The summed E-state index contributed by atoms with van der Waals surface area (Å²) in [6.45, 7) is -0.0462. The highest BCUT2D eigenvalue weighted by atomic mass is 32.1. The van der Waals surface area contributed by atoms with Crippen LogP contribution in [0.25, 0.3) is 10.3 Å². The van der Waals surface area contributed by atoms with Gasteiger partial charge < -0.3 is 20.6 Å². The summed E-state index contributed by atoms with van der Waals surface area (Å²) in [7, 11) is 3.51. The first kappa shape index (κ1) is 19.7. The van der Waals surface area contributed by atoms with E-state index in [1.165, 1.54) is 11.3 Å². The molecule has 152 valence electrons. The fourth-order valence-electron chi connectivity index (χ4n) is 2.93. The van der Waals surface area contributed by atoms with Crippen LogP contribution >= 0.6 is 11.3 Å². The van der Waals surface area contributed by atoms with Crippen molar-refractivity contribution < 1.29 is 9.90 Å². The molecular weight excluding hydrogens is 400 g/mol. The number of rotatable bonds is 6. The number of anilines is 4. The molecule has 0 aliphatic heterocycles. The van der Waals surface area contributed by atoms with Crippen LogP contribution in [0.3, 0.4) is 0 Å². The summed E-state index contributed by atoms with van der Waals surface area (Å²) in [5.41, 5.74) is 2.99. The van der Waals surface area contributed by atoms with Crippen molar-refractivity contribution in [1.82, 2.24) is 20.3 Å². The number of amides is 1. The number of aliphatic hydroxyl groups excluding tert-OH is 1. The van der Waals surface area contributed by atoms with Crippen LogP contribution in [-0.4, -0.2) is 40.1 Å². The normalized spacial score (nSPS) is 10.8. The van der Waals surface area contributed by atoms with Crippen LogP contribution in [0.5, 0.6) is 0 Å². The van der Waals surface area contributed by atoms with Gasteiger partial charge in [0.1, 0.15) is 22.0 Å². The summed E-state index contributed by atoms with van der Waals surface area (Å²) in [5.74, 6) is 1.22. The summed E-state index contributed by atoms with van der Waals surface area (Å²) in [6, 6.07) is 14.7. The van der Waals surface area contributed by atoms with Gasteiger partial charge in [0.25, 0.3) is 5.91 Å². The zero-order valence-corrected chi connectivity index (χ0v) is 17.3. The number of benzene rings is 1. The molecule has 8 nitrogen and oxygen atoms in total. The summed E-state index contributed by atoms with van der Waals surface area (Å²) in [5, 5.41) is 15.7. The third-order valence-electron chi connectivity index (χ3n) is 4.55. The molecule has 0 aliphatic carbocycles. The van der Waals surface area contributed by atoms with E-state index in [1.54, 1.807) is 31.4 Å². The number of pyridine rings is 2. The molecule has 1 aromatic carbocycles. The van der Waals surface area contributed by atoms with E-state index < -0.39 is 0 Å². The lowest BCUT2D eigenvalue weighted by Gasteiger charge is -2.18. The average molecular weight is 420 g/mol. The Bertz CT molecular complexity index is 1210. The molecule has 3 heterocycles. The number of hydrogen-bond donors (Lipinski definition) is 3. The van der Waals surface area contributed by atoms with E-state index in [-0.39, 0.29) is 12.5 Å². The Morgan fingerprint density at radius 2 is 2.03 bits per heavy atom. The quantitative estimate of drug-likeness (QED) is 0.439. The molecular formula is C21H20N6O2S. The van der Waals surface area contributed by atoms with Crippen LogP contribution in [0.2, 0.25) is 0 Å². The second-order valence-electron chi connectivity index (χ2n) is 6.53. The van der Waals surface area contributed by atoms with Crippen molar-refractivity contribution in [1.29, 1.82) is 0 Å². The summed E-state index contributed by atoms with van der Waals surface area (Å²) >= 11 is 1.42. The number of fused-ring (bicyclic) bond motifs is 1. The van der Waals surface area contributed by atoms with E-state index in [0.717, 1.165) is 27.4 Å². The van der Waals surface area contributed by atoms with Gasteiger partial charge in [-0.2, -0.15) is 0 Å². The largest absolute Gasteiger partial charge is 0.392 e. The maximum Gasteiger partial charge on any atom is 0.251 e. The van der Waals surface area contributed by atoms with Gasteiger partial charge in [-0.1, -0.05) is 17.4 Å². The Kier molecular flexibility index (Phi) is 5.55. The lowest BCUT2D eigenvalue weighted by atomic mass is 10.2. The molecule has 0 saturated carbocycles. The molecule has 0 fully saturated rings. The molecule has 9 heteroatoms. The number of nitrogens with one attached hydrogen (secondary N) is 2. The van der Waals surface area contributed by atoms with Crippen LogP contribution in [-0.2, 0) is 6.61 Å². The van der Waals surface area contributed by atoms with Gasteiger partial charge in [0.2, 0.25) is 0 Å². The molecule has 30 heavy (non-hydrogen) atoms. The second kappa shape index (κ2) is 8.44. The highest BCUT2D eigenvalue weighted by molar-refractivity contribution is 7.21. The van der Waals surface area contributed by atoms with Crippen molar-refractivity contribution in [2.45, 2.75) is 6.61 Å². The Balaban J connectivity index is 1.60. The number of carbonyl (C=O) groups excluding carboxylic acids is 1. The van der Waals surface area contributed by atoms with Gasteiger partial charge in [-0.15, -0.1) is 0 Å². The predicted octanol–water partition coefficient (Wildman–Crippen LogP) is 3.45. The minimum atomic E-state index is -0.134. The number of hydrogen-bond acceptors (Lipinski definition) is 8. The zero-order chi connectivity index (χ0) is 21.1. The molecule has 0 radical (unpaired) electrons. The van der Waals surface area contributed by atoms with Crippen LogP contribution in [0.1, 0.15) is 15.9 Å². The van der Waals surface area contributed by atoms with E-state index in [9.17, 15) is 9.90 Å².